The van der Waals surface area contributed by atoms with Crippen molar-refractivity contribution in [2.75, 3.05) is 0 Å². The number of hydrogen-bond donors (Lipinski definition) is 0. The second-order valence-corrected chi connectivity index (χ2v) is 3.16. The van der Waals surface area contributed by atoms with Crippen molar-refractivity contribution in [3.8, 4) is 0 Å². The van der Waals surface area contributed by atoms with Gasteiger partial charge < -0.3 is 0 Å². The summed E-state index contributed by atoms with van der Waals surface area (Å²) >= 11 is 11.3. The Labute approximate surface area is 58.8 Å². The fourth-order valence-corrected chi connectivity index (χ4v) is 0.941. The molecule has 44 valence electrons. The van der Waals surface area contributed by atoms with Gasteiger partial charge in [-0.25, -0.2) is 0 Å². The van der Waals surface area contributed by atoms with Crippen LogP contribution in [0.4, 0.5) is 0 Å². The predicted molar refractivity (Wildman–Crippen MR) is 37.3 cm³/mol. The molecule has 0 radical (unpaired) electrons. The van der Waals surface area contributed by atoms with E-state index in [-0.39, 0.29) is 0 Å². The quantitative estimate of drug-likeness (QED) is 0.367. The molecule has 0 fully saturated rings. The molecule has 0 aliphatic heterocycles. The first kappa shape index (κ1) is 6.18. The van der Waals surface area contributed by atoms with Gasteiger partial charge in [0.25, 0.3) is 0 Å². The van der Waals surface area contributed by atoms with Crippen LogP contribution in [-0.4, -0.2) is 4.33 Å². The third-order valence-corrected chi connectivity index (χ3v) is 1.46. The van der Waals surface area contributed by atoms with E-state index in [4.69, 9.17) is 23.2 Å². The minimum absolute atomic E-state index is 0.738. The van der Waals surface area contributed by atoms with Crippen LogP contribution in [0.15, 0.2) is 24.3 Å². The monoisotopic (exact) mass is 148 g/mol. The molecule has 0 unspecified atom stereocenters. The van der Waals surface area contributed by atoms with Gasteiger partial charge in [-0.2, -0.15) is 0 Å². The maximum atomic E-state index is 5.66. The lowest BCUT2D eigenvalue weighted by Gasteiger charge is -2.10. The van der Waals surface area contributed by atoms with E-state index < -0.39 is 4.33 Å². The van der Waals surface area contributed by atoms with Gasteiger partial charge in [-0.15, -0.1) is 0 Å². The summed E-state index contributed by atoms with van der Waals surface area (Å²) in [4.78, 5) is 0. The van der Waals surface area contributed by atoms with Gasteiger partial charge >= 0.3 is 0 Å². The molecule has 0 saturated carbocycles. The molecule has 1 rings (SSSR count). The molecule has 0 atom stereocenters. The molecule has 1 aliphatic carbocycles. The van der Waals surface area contributed by atoms with Crippen LogP contribution >= 0.6 is 23.2 Å². The van der Waals surface area contributed by atoms with Crippen molar-refractivity contribution in [3.63, 3.8) is 0 Å². The highest BCUT2D eigenvalue weighted by Crippen LogP contribution is 2.27. The van der Waals surface area contributed by atoms with Crippen LogP contribution in [0.2, 0.25) is 0 Å². The summed E-state index contributed by atoms with van der Waals surface area (Å²) < 4.78 is -0.738. The molecule has 8 heavy (non-hydrogen) atoms. The summed E-state index contributed by atoms with van der Waals surface area (Å²) in [6.45, 7) is 0. The molecule has 0 saturated heterocycles. The van der Waals surface area contributed by atoms with E-state index >= 15 is 0 Å². The molecule has 0 nitrogen and oxygen atoms in total. The predicted octanol–water partition coefficient (Wildman–Crippen LogP) is 2.68. The topological polar surface area (TPSA) is 0 Å². The highest BCUT2D eigenvalue weighted by atomic mass is 35.5. The van der Waals surface area contributed by atoms with Crippen LogP contribution in [0.5, 0.6) is 0 Å². The van der Waals surface area contributed by atoms with E-state index in [1.807, 2.05) is 12.2 Å². The number of hydrogen-bond acceptors (Lipinski definition) is 0. The van der Waals surface area contributed by atoms with Gasteiger partial charge in [0.2, 0.25) is 0 Å². The van der Waals surface area contributed by atoms with Crippen molar-refractivity contribution in [3.05, 3.63) is 24.3 Å². The van der Waals surface area contributed by atoms with Gasteiger partial charge in [0.15, 0.2) is 4.33 Å². The summed E-state index contributed by atoms with van der Waals surface area (Å²) in [5.41, 5.74) is 0. The lowest BCUT2D eigenvalue weighted by molar-refractivity contribution is 1.17. The molecular weight excluding hydrogens is 143 g/mol. The van der Waals surface area contributed by atoms with Gasteiger partial charge in [-0.1, -0.05) is 35.4 Å². The Morgan fingerprint density at radius 3 is 1.88 bits per heavy atom. The first-order valence-electron chi connectivity index (χ1n) is 2.44. The standard InChI is InChI=1S/C6H6Cl2/c7-6(8)4-2-1-3-5-6/h2-5H,1H2. The minimum Gasteiger partial charge on any atom is -0.0923 e. The fraction of sp³-hybridized carbons (Fsp3) is 0.333. The van der Waals surface area contributed by atoms with Crippen LogP contribution in [0.3, 0.4) is 0 Å². The SMILES string of the molecule is ClC1(Cl)C=CCC=C1. The number of halogens is 2. The van der Waals surface area contributed by atoms with Crippen molar-refractivity contribution in [2.45, 2.75) is 10.8 Å². The zero-order valence-electron chi connectivity index (χ0n) is 4.27. The molecular formula is C6H6Cl2. The number of allylic oxidation sites excluding steroid dienone is 4. The molecule has 0 N–H and O–H groups in total. The molecule has 2 heteroatoms. The average Bonchev–Trinajstić information content (AvgIpc) is 1.65. The Bertz CT molecular complexity index is 119. The molecule has 1 aliphatic rings. The smallest absolute Gasteiger partial charge is 0.0923 e. The van der Waals surface area contributed by atoms with E-state index in [2.05, 4.69) is 0 Å². The molecule has 0 aromatic carbocycles. The molecule has 0 amide bonds. The van der Waals surface area contributed by atoms with Gasteiger partial charge in [-0.3, -0.25) is 0 Å². The second kappa shape index (κ2) is 2.12. The Kier molecular flexibility index (Phi) is 1.64. The molecule has 0 spiro atoms. The van der Waals surface area contributed by atoms with Crippen LogP contribution in [0.1, 0.15) is 6.42 Å². The van der Waals surface area contributed by atoms with Crippen molar-refractivity contribution in [1.29, 1.82) is 0 Å². The van der Waals surface area contributed by atoms with E-state index in [1.165, 1.54) is 0 Å². The number of rotatable bonds is 0. The van der Waals surface area contributed by atoms with Crippen molar-refractivity contribution in [1.82, 2.24) is 0 Å². The van der Waals surface area contributed by atoms with E-state index in [0.29, 0.717) is 0 Å². The zero-order valence-corrected chi connectivity index (χ0v) is 5.78. The van der Waals surface area contributed by atoms with Crippen LogP contribution in [0, 0.1) is 0 Å². The maximum Gasteiger partial charge on any atom is 0.154 e. The van der Waals surface area contributed by atoms with Gasteiger partial charge in [0, 0.05) is 0 Å². The Morgan fingerprint density at radius 1 is 1.12 bits per heavy atom. The average molecular weight is 149 g/mol. The largest absolute Gasteiger partial charge is 0.154 e. The molecule has 0 aromatic heterocycles. The summed E-state index contributed by atoms with van der Waals surface area (Å²) in [5, 5.41) is 0. The van der Waals surface area contributed by atoms with E-state index in [9.17, 15) is 0 Å². The van der Waals surface area contributed by atoms with E-state index in [1.54, 1.807) is 12.2 Å². The van der Waals surface area contributed by atoms with Gasteiger partial charge in [-0.05, 0) is 18.6 Å². The molecule has 0 bridgehead atoms. The Balaban J connectivity index is 2.69. The minimum atomic E-state index is -0.738. The normalized spacial score (nSPS) is 23.8. The van der Waals surface area contributed by atoms with Crippen LogP contribution in [0.25, 0.3) is 0 Å². The van der Waals surface area contributed by atoms with Crippen LogP contribution < -0.4 is 0 Å². The van der Waals surface area contributed by atoms with Crippen molar-refractivity contribution in [2.24, 2.45) is 0 Å². The Hall–Kier alpha value is 0.0600. The summed E-state index contributed by atoms with van der Waals surface area (Å²) in [7, 11) is 0. The first-order valence-corrected chi connectivity index (χ1v) is 3.19. The molecule has 0 heterocycles. The van der Waals surface area contributed by atoms with E-state index in [0.717, 1.165) is 6.42 Å². The second-order valence-electron chi connectivity index (χ2n) is 1.71. The fourth-order valence-electron chi connectivity index (χ4n) is 0.584. The maximum absolute atomic E-state index is 5.66. The number of alkyl halides is 2. The summed E-state index contributed by atoms with van der Waals surface area (Å²) in [6, 6.07) is 0. The van der Waals surface area contributed by atoms with Gasteiger partial charge in [0.1, 0.15) is 0 Å². The lowest BCUT2D eigenvalue weighted by atomic mass is 10.2. The van der Waals surface area contributed by atoms with Crippen molar-refractivity contribution >= 4 is 23.2 Å². The summed E-state index contributed by atoms with van der Waals surface area (Å²) in [5.74, 6) is 0. The Morgan fingerprint density at radius 2 is 1.62 bits per heavy atom. The third-order valence-electron chi connectivity index (χ3n) is 0.952. The lowest BCUT2D eigenvalue weighted by Crippen LogP contribution is -2.04. The highest BCUT2D eigenvalue weighted by molar-refractivity contribution is 6.51. The summed E-state index contributed by atoms with van der Waals surface area (Å²) in [6.07, 6.45) is 8.38. The van der Waals surface area contributed by atoms with Crippen molar-refractivity contribution < 1.29 is 0 Å². The van der Waals surface area contributed by atoms with Crippen LogP contribution in [-0.2, 0) is 0 Å². The zero-order chi connectivity index (χ0) is 6.04. The first-order chi connectivity index (χ1) is 3.71. The third kappa shape index (κ3) is 1.53. The van der Waals surface area contributed by atoms with Gasteiger partial charge in [0.05, 0.1) is 0 Å². The molecule has 0 aromatic rings. The highest BCUT2D eigenvalue weighted by Gasteiger charge is 2.15.